The van der Waals surface area contributed by atoms with Crippen LogP contribution in [0, 0.1) is 5.92 Å². The molecule has 0 radical (unpaired) electrons. The highest BCUT2D eigenvalue weighted by molar-refractivity contribution is 5.87. The predicted octanol–water partition coefficient (Wildman–Crippen LogP) is -0.680. The van der Waals surface area contributed by atoms with Gasteiger partial charge in [-0.05, 0) is 20.8 Å². The van der Waals surface area contributed by atoms with E-state index < -0.39 is 29.3 Å². The van der Waals surface area contributed by atoms with E-state index in [9.17, 15) is 19.2 Å². The van der Waals surface area contributed by atoms with Gasteiger partial charge in [0.1, 0.15) is 12.1 Å². The first-order chi connectivity index (χ1) is 12.5. The third kappa shape index (κ3) is 8.72. The predicted molar refractivity (Wildman–Crippen MR) is 96.6 cm³/mol. The summed E-state index contributed by atoms with van der Waals surface area (Å²) in [6.45, 7) is 7.46. The molecule has 1 unspecified atom stereocenters. The molecule has 0 aromatic heterocycles. The van der Waals surface area contributed by atoms with E-state index in [1.807, 2.05) is 25.7 Å². The van der Waals surface area contributed by atoms with Crippen LogP contribution >= 0.6 is 0 Å². The molecule has 3 N–H and O–H groups in total. The van der Waals surface area contributed by atoms with Gasteiger partial charge in [0.25, 0.3) is 0 Å². The number of nitrogens with zero attached hydrogens (tertiary/aromatic N) is 2. The summed E-state index contributed by atoms with van der Waals surface area (Å²) in [5.74, 6) is -2.29. The molecule has 1 heterocycles. The van der Waals surface area contributed by atoms with E-state index in [1.165, 1.54) is 7.11 Å². The van der Waals surface area contributed by atoms with E-state index in [0.29, 0.717) is 32.7 Å². The third-order valence-electron chi connectivity index (χ3n) is 3.96. The highest BCUT2D eigenvalue weighted by Gasteiger charge is 2.29. The van der Waals surface area contributed by atoms with Gasteiger partial charge < -0.3 is 25.4 Å². The monoisotopic (exact) mass is 386 g/mol. The van der Waals surface area contributed by atoms with Crippen LogP contribution in [0.4, 0.5) is 4.79 Å². The number of rotatable bonds is 7. The number of methoxy groups -OCH3 is 1. The molecule has 0 bridgehead atoms. The van der Waals surface area contributed by atoms with Crippen molar-refractivity contribution < 1.29 is 28.7 Å². The Morgan fingerprint density at radius 3 is 2.19 bits per heavy atom. The first-order valence-electron chi connectivity index (χ1n) is 8.85. The molecule has 1 rings (SSSR count). The normalized spacial score (nSPS) is 16.4. The van der Waals surface area contributed by atoms with E-state index in [1.54, 1.807) is 4.90 Å². The fourth-order valence-corrected chi connectivity index (χ4v) is 2.61. The number of nitrogens with two attached hydrogens (primary N) is 1. The SMILES string of the molecule is COC(=O)CNC(=O)C(CC(N)=O)CN1CCN(C(=O)OC(C)(C)C)CC1. The number of amides is 3. The molecule has 1 aliphatic rings. The molecule has 10 heteroatoms. The Hall–Kier alpha value is -2.36. The molecule has 1 saturated heterocycles. The molecule has 0 aromatic carbocycles. The molecule has 0 spiro atoms. The summed E-state index contributed by atoms with van der Waals surface area (Å²) in [7, 11) is 1.22. The van der Waals surface area contributed by atoms with Gasteiger partial charge in [0.15, 0.2) is 0 Å². The van der Waals surface area contributed by atoms with E-state index in [2.05, 4.69) is 10.1 Å². The summed E-state index contributed by atoms with van der Waals surface area (Å²) < 4.78 is 9.82. The highest BCUT2D eigenvalue weighted by atomic mass is 16.6. The number of carbonyl (C=O) groups excluding carboxylic acids is 4. The number of piperazine rings is 1. The maximum Gasteiger partial charge on any atom is 0.410 e. The van der Waals surface area contributed by atoms with Crippen LogP contribution in [0.5, 0.6) is 0 Å². The zero-order valence-corrected chi connectivity index (χ0v) is 16.4. The quantitative estimate of drug-likeness (QED) is 0.554. The lowest BCUT2D eigenvalue weighted by atomic mass is 10.0. The van der Waals surface area contributed by atoms with Crippen LogP contribution in [0.25, 0.3) is 0 Å². The molecule has 10 nitrogen and oxygen atoms in total. The second-order valence-electron chi connectivity index (χ2n) is 7.43. The summed E-state index contributed by atoms with van der Waals surface area (Å²) in [5, 5.41) is 2.45. The summed E-state index contributed by atoms with van der Waals surface area (Å²) in [5.41, 5.74) is 4.68. The third-order valence-corrected chi connectivity index (χ3v) is 3.96. The van der Waals surface area contributed by atoms with Gasteiger partial charge in [0.05, 0.1) is 13.0 Å². The molecular formula is C17H30N4O6. The molecule has 0 aromatic rings. The van der Waals surface area contributed by atoms with Crippen LogP contribution in [0.3, 0.4) is 0 Å². The van der Waals surface area contributed by atoms with Crippen molar-refractivity contribution in [2.45, 2.75) is 32.8 Å². The minimum Gasteiger partial charge on any atom is -0.468 e. The highest BCUT2D eigenvalue weighted by Crippen LogP contribution is 2.13. The molecule has 0 aliphatic carbocycles. The van der Waals surface area contributed by atoms with Gasteiger partial charge >= 0.3 is 12.1 Å². The van der Waals surface area contributed by atoms with Crippen molar-refractivity contribution >= 4 is 23.9 Å². The lowest BCUT2D eigenvalue weighted by Gasteiger charge is -2.36. The number of hydrogen-bond acceptors (Lipinski definition) is 7. The smallest absolute Gasteiger partial charge is 0.410 e. The van der Waals surface area contributed by atoms with Gasteiger partial charge in [0.2, 0.25) is 11.8 Å². The molecule has 27 heavy (non-hydrogen) atoms. The van der Waals surface area contributed by atoms with Crippen LogP contribution < -0.4 is 11.1 Å². The topological polar surface area (TPSA) is 131 Å². The first kappa shape index (κ1) is 22.7. The largest absolute Gasteiger partial charge is 0.468 e. The van der Waals surface area contributed by atoms with Crippen molar-refractivity contribution in [3.8, 4) is 0 Å². The van der Waals surface area contributed by atoms with E-state index in [0.717, 1.165) is 0 Å². The Morgan fingerprint density at radius 2 is 1.70 bits per heavy atom. The fraction of sp³-hybridized carbons (Fsp3) is 0.765. The molecule has 3 amide bonds. The van der Waals surface area contributed by atoms with Gasteiger partial charge in [-0.25, -0.2) is 4.79 Å². The number of ether oxygens (including phenoxy) is 2. The number of carbonyl (C=O) groups is 4. The van der Waals surface area contributed by atoms with Crippen LogP contribution in [0.1, 0.15) is 27.2 Å². The van der Waals surface area contributed by atoms with Gasteiger partial charge in [0, 0.05) is 39.1 Å². The molecule has 1 aliphatic heterocycles. The maximum absolute atomic E-state index is 12.3. The Kier molecular flexibility index (Phi) is 8.48. The number of primary amides is 1. The maximum atomic E-state index is 12.3. The van der Waals surface area contributed by atoms with E-state index in [4.69, 9.17) is 10.5 Å². The lowest BCUT2D eigenvalue weighted by Crippen LogP contribution is -2.52. The number of esters is 1. The second kappa shape index (κ2) is 10.1. The van der Waals surface area contributed by atoms with Gasteiger partial charge in [-0.15, -0.1) is 0 Å². The standard InChI is InChI=1S/C17H30N4O6/c1-17(2,3)27-16(25)21-7-5-20(6-8-21)11-12(9-13(18)22)15(24)19-10-14(23)26-4/h12H,5-11H2,1-4H3,(H2,18,22)(H,19,24). The molecule has 0 saturated carbocycles. The zero-order chi connectivity index (χ0) is 20.6. The summed E-state index contributed by atoms with van der Waals surface area (Å²) in [4.78, 5) is 50.4. The Bertz CT molecular complexity index is 552. The first-order valence-corrected chi connectivity index (χ1v) is 8.85. The molecule has 1 atom stereocenters. The molecule has 154 valence electrons. The summed E-state index contributed by atoms with van der Waals surface area (Å²) in [6.07, 6.45) is -0.495. The fourth-order valence-electron chi connectivity index (χ4n) is 2.61. The summed E-state index contributed by atoms with van der Waals surface area (Å²) >= 11 is 0. The Labute approximate surface area is 159 Å². The van der Waals surface area contributed by atoms with E-state index in [-0.39, 0.29) is 19.1 Å². The average molecular weight is 386 g/mol. The van der Waals surface area contributed by atoms with Crippen LogP contribution in [-0.2, 0) is 23.9 Å². The Balaban J connectivity index is 2.55. The van der Waals surface area contributed by atoms with Crippen LogP contribution in [0.15, 0.2) is 0 Å². The summed E-state index contributed by atoms with van der Waals surface area (Å²) in [6, 6.07) is 0. The van der Waals surface area contributed by atoms with E-state index >= 15 is 0 Å². The van der Waals surface area contributed by atoms with Crippen molar-refractivity contribution in [3.63, 3.8) is 0 Å². The molecule has 1 fully saturated rings. The zero-order valence-electron chi connectivity index (χ0n) is 16.4. The van der Waals surface area contributed by atoms with Gasteiger partial charge in [-0.3, -0.25) is 19.3 Å². The van der Waals surface area contributed by atoms with Crippen molar-refractivity contribution in [1.82, 2.24) is 15.1 Å². The molecular weight excluding hydrogens is 356 g/mol. The van der Waals surface area contributed by atoms with Crippen molar-refractivity contribution in [2.24, 2.45) is 11.7 Å². The van der Waals surface area contributed by atoms with Crippen LogP contribution in [0.2, 0.25) is 0 Å². The average Bonchev–Trinajstić information content (AvgIpc) is 2.57. The minimum absolute atomic E-state index is 0.126. The number of hydrogen-bond donors (Lipinski definition) is 2. The van der Waals surface area contributed by atoms with Crippen LogP contribution in [-0.4, -0.2) is 85.7 Å². The minimum atomic E-state index is -0.680. The van der Waals surface area contributed by atoms with Crippen molar-refractivity contribution in [1.29, 1.82) is 0 Å². The second-order valence-corrected chi connectivity index (χ2v) is 7.43. The van der Waals surface area contributed by atoms with Gasteiger partial charge in [-0.1, -0.05) is 0 Å². The Morgan fingerprint density at radius 1 is 1.11 bits per heavy atom. The van der Waals surface area contributed by atoms with Crippen molar-refractivity contribution in [2.75, 3.05) is 46.4 Å². The lowest BCUT2D eigenvalue weighted by molar-refractivity contribution is -0.141. The van der Waals surface area contributed by atoms with Crippen molar-refractivity contribution in [3.05, 3.63) is 0 Å². The number of nitrogens with one attached hydrogen (secondary N) is 1. The van der Waals surface area contributed by atoms with Gasteiger partial charge in [-0.2, -0.15) is 0 Å².